The number of hydrogen-bond donors (Lipinski definition) is 1. The summed E-state index contributed by atoms with van der Waals surface area (Å²) in [5.74, 6) is 6.43. The first kappa shape index (κ1) is 11.6. The molecule has 1 heterocycles. The lowest BCUT2D eigenvalue weighted by atomic mass is 9.87. The predicted molar refractivity (Wildman–Crippen MR) is 58.8 cm³/mol. The molecule has 1 saturated heterocycles. The SMILES string of the molecule is CC(C)(C)C#CCC1(N)CCOCC1. The highest BCUT2D eigenvalue weighted by molar-refractivity contribution is 5.11. The highest BCUT2D eigenvalue weighted by Gasteiger charge is 2.26. The summed E-state index contributed by atoms with van der Waals surface area (Å²) in [4.78, 5) is 0. The van der Waals surface area contributed by atoms with E-state index in [0.29, 0.717) is 0 Å². The maximum atomic E-state index is 6.21. The maximum Gasteiger partial charge on any atom is 0.0483 e. The molecule has 0 bridgehead atoms. The second kappa shape index (κ2) is 4.33. The van der Waals surface area contributed by atoms with Crippen molar-refractivity contribution in [2.75, 3.05) is 13.2 Å². The number of hydrogen-bond acceptors (Lipinski definition) is 2. The van der Waals surface area contributed by atoms with Crippen molar-refractivity contribution in [1.82, 2.24) is 0 Å². The van der Waals surface area contributed by atoms with E-state index in [-0.39, 0.29) is 11.0 Å². The Balaban J connectivity index is 2.45. The van der Waals surface area contributed by atoms with Crippen LogP contribution >= 0.6 is 0 Å². The summed E-state index contributed by atoms with van der Waals surface area (Å²) in [5, 5.41) is 0. The summed E-state index contributed by atoms with van der Waals surface area (Å²) in [6, 6.07) is 0. The average Bonchev–Trinajstić information content (AvgIpc) is 2.02. The first-order chi connectivity index (χ1) is 6.41. The molecular formula is C12H21NO. The molecule has 1 fully saturated rings. The Morgan fingerprint density at radius 2 is 1.86 bits per heavy atom. The van der Waals surface area contributed by atoms with E-state index in [1.54, 1.807) is 0 Å². The van der Waals surface area contributed by atoms with Crippen LogP contribution in [0.2, 0.25) is 0 Å². The monoisotopic (exact) mass is 195 g/mol. The third-order valence-corrected chi connectivity index (χ3v) is 2.39. The van der Waals surface area contributed by atoms with Gasteiger partial charge in [-0.15, -0.1) is 5.92 Å². The molecule has 1 aliphatic rings. The molecule has 0 aromatic rings. The Morgan fingerprint density at radius 3 is 2.36 bits per heavy atom. The molecule has 0 aliphatic carbocycles. The topological polar surface area (TPSA) is 35.2 Å². The zero-order chi connectivity index (χ0) is 10.7. The zero-order valence-electron chi connectivity index (χ0n) is 9.52. The van der Waals surface area contributed by atoms with Crippen LogP contribution in [0.5, 0.6) is 0 Å². The van der Waals surface area contributed by atoms with E-state index in [9.17, 15) is 0 Å². The number of nitrogens with two attached hydrogens (primary N) is 1. The molecule has 2 heteroatoms. The van der Waals surface area contributed by atoms with Crippen LogP contribution in [-0.2, 0) is 4.74 Å². The molecule has 0 aromatic heterocycles. The van der Waals surface area contributed by atoms with Crippen LogP contribution in [0.4, 0.5) is 0 Å². The lowest BCUT2D eigenvalue weighted by molar-refractivity contribution is 0.0549. The third-order valence-electron chi connectivity index (χ3n) is 2.39. The Hall–Kier alpha value is -0.520. The van der Waals surface area contributed by atoms with E-state index >= 15 is 0 Å². The van der Waals surface area contributed by atoms with Gasteiger partial charge in [0.1, 0.15) is 0 Å². The van der Waals surface area contributed by atoms with Gasteiger partial charge in [-0.25, -0.2) is 0 Å². The first-order valence-corrected chi connectivity index (χ1v) is 5.28. The van der Waals surface area contributed by atoms with Crippen molar-refractivity contribution in [1.29, 1.82) is 0 Å². The van der Waals surface area contributed by atoms with E-state index in [4.69, 9.17) is 10.5 Å². The first-order valence-electron chi connectivity index (χ1n) is 5.28. The second-order valence-corrected chi connectivity index (χ2v) is 5.20. The van der Waals surface area contributed by atoms with Gasteiger partial charge in [0.15, 0.2) is 0 Å². The molecule has 80 valence electrons. The Labute approximate surface area is 87.2 Å². The fourth-order valence-electron chi connectivity index (χ4n) is 1.44. The molecule has 1 rings (SSSR count). The molecular weight excluding hydrogens is 174 g/mol. The van der Waals surface area contributed by atoms with Gasteiger partial charge in [0, 0.05) is 30.6 Å². The van der Waals surface area contributed by atoms with Crippen LogP contribution in [0.3, 0.4) is 0 Å². The smallest absolute Gasteiger partial charge is 0.0483 e. The Morgan fingerprint density at radius 1 is 1.29 bits per heavy atom. The highest BCUT2D eigenvalue weighted by Crippen LogP contribution is 2.21. The quantitative estimate of drug-likeness (QED) is 0.649. The van der Waals surface area contributed by atoms with Gasteiger partial charge in [0.2, 0.25) is 0 Å². The molecule has 0 amide bonds. The molecule has 0 saturated carbocycles. The van der Waals surface area contributed by atoms with Crippen molar-refractivity contribution in [3.05, 3.63) is 0 Å². The van der Waals surface area contributed by atoms with E-state index in [1.807, 2.05) is 0 Å². The lowest BCUT2D eigenvalue weighted by Crippen LogP contribution is -2.44. The molecule has 0 aromatic carbocycles. The minimum atomic E-state index is -0.101. The van der Waals surface area contributed by atoms with Crippen LogP contribution in [0.15, 0.2) is 0 Å². The normalized spacial score (nSPS) is 21.1. The molecule has 2 N–H and O–H groups in total. The molecule has 1 aliphatic heterocycles. The molecule has 0 radical (unpaired) electrons. The molecule has 0 atom stereocenters. The van der Waals surface area contributed by atoms with Crippen LogP contribution in [0.1, 0.15) is 40.0 Å². The van der Waals surface area contributed by atoms with Crippen molar-refractivity contribution in [3.63, 3.8) is 0 Å². The van der Waals surface area contributed by atoms with Crippen molar-refractivity contribution in [2.45, 2.75) is 45.6 Å². The standard InChI is InChI=1S/C12H21NO/c1-11(2,3)5-4-6-12(13)7-9-14-10-8-12/h6-10,13H2,1-3H3. The fourth-order valence-corrected chi connectivity index (χ4v) is 1.44. The molecule has 0 unspecified atom stereocenters. The van der Waals surface area contributed by atoms with Gasteiger partial charge in [0.05, 0.1) is 0 Å². The summed E-state index contributed by atoms with van der Waals surface area (Å²) in [5.41, 5.74) is 6.19. The van der Waals surface area contributed by atoms with Crippen LogP contribution in [0.25, 0.3) is 0 Å². The maximum absolute atomic E-state index is 6.21. The van der Waals surface area contributed by atoms with Gasteiger partial charge in [-0.05, 0) is 33.6 Å². The number of ether oxygens (including phenoxy) is 1. The van der Waals surface area contributed by atoms with Gasteiger partial charge in [-0.1, -0.05) is 5.92 Å². The van der Waals surface area contributed by atoms with E-state index in [1.165, 1.54) is 0 Å². The number of rotatable bonds is 1. The third kappa shape index (κ3) is 4.13. The van der Waals surface area contributed by atoms with Crippen molar-refractivity contribution < 1.29 is 4.74 Å². The summed E-state index contributed by atoms with van der Waals surface area (Å²) in [6.07, 6.45) is 2.67. The second-order valence-electron chi connectivity index (χ2n) is 5.20. The lowest BCUT2D eigenvalue weighted by Gasteiger charge is -2.31. The van der Waals surface area contributed by atoms with Crippen LogP contribution in [-0.4, -0.2) is 18.8 Å². The van der Waals surface area contributed by atoms with E-state index < -0.39 is 0 Å². The van der Waals surface area contributed by atoms with Gasteiger partial charge in [-0.3, -0.25) is 0 Å². The zero-order valence-corrected chi connectivity index (χ0v) is 9.52. The fraction of sp³-hybridized carbons (Fsp3) is 0.833. The van der Waals surface area contributed by atoms with Gasteiger partial charge in [-0.2, -0.15) is 0 Å². The van der Waals surface area contributed by atoms with Crippen molar-refractivity contribution in [2.24, 2.45) is 11.1 Å². The predicted octanol–water partition coefficient (Wildman–Crippen LogP) is 1.93. The van der Waals surface area contributed by atoms with Gasteiger partial charge < -0.3 is 10.5 Å². The molecule has 0 spiro atoms. The van der Waals surface area contributed by atoms with E-state index in [0.717, 1.165) is 32.5 Å². The highest BCUT2D eigenvalue weighted by atomic mass is 16.5. The molecule has 2 nitrogen and oxygen atoms in total. The average molecular weight is 195 g/mol. The summed E-state index contributed by atoms with van der Waals surface area (Å²) >= 11 is 0. The van der Waals surface area contributed by atoms with Gasteiger partial charge in [0.25, 0.3) is 0 Å². The minimum Gasteiger partial charge on any atom is -0.381 e. The van der Waals surface area contributed by atoms with Crippen molar-refractivity contribution in [3.8, 4) is 11.8 Å². The Kier molecular flexibility index (Phi) is 3.58. The van der Waals surface area contributed by atoms with Crippen molar-refractivity contribution >= 4 is 0 Å². The minimum absolute atomic E-state index is 0.0848. The van der Waals surface area contributed by atoms with Gasteiger partial charge >= 0.3 is 0 Å². The van der Waals surface area contributed by atoms with E-state index in [2.05, 4.69) is 32.6 Å². The summed E-state index contributed by atoms with van der Waals surface area (Å²) in [6.45, 7) is 7.93. The Bertz CT molecular complexity index is 235. The molecule has 14 heavy (non-hydrogen) atoms. The van der Waals surface area contributed by atoms with Crippen LogP contribution < -0.4 is 5.73 Å². The summed E-state index contributed by atoms with van der Waals surface area (Å²) < 4.78 is 5.28. The van der Waals surface area contributed by atoms with Crippen LogP contribution in [0, 0.1) is 17.3 Å². The summed E-state index contributed by atoms with van der Waals surface area (Å²) in [7, 11) is 0. The largest absolute Gasteiger partial charge is 0.381 e.